The van der Waals surface area contributed by atoms with E-state index in [-0.39, 0.29) is 10.5 Å². The molecule has 0 fully saturated rings. The molecule has 0 spiro atoms. The van der Waals surface area contributed by atoms with E-state index in [1.54, 1.807) is 6.07 Å². The van der Waals surface area contributed by atoms with Crippen molar-refractivity contribution in [2.24, 2.45) is 11.7 Å². The molecule has 2 N–H and O–H groups in total. The van der Waals surface area contributed by atoms with Gasteiger partial charge >= 0.3 is 6.18 Å². The van der Waals surface area contributed by atoms with E-state index in [0.29, 0.717) is 17.9 Å². The normalized spacial score (nSPS) is 14.0. The Morgan fingerprint density at radius 3 is 2.33 bits per heavy atom. The Bertz CT molecular complexity index is 402. The molecule has 0 aliphatic rings. The first-order valence-electron chi connectivity index (χ1n) is 5.84. The Labute approximate surface area is 114 Å². The van der Waals surface area contributed by atoms with Crippen molar-refractivity contribution >= 4 is 15.9 Å². The Kier molecular flexibility index (Phi) is 5.22. The summed E-state index contributed by atoms with van der Waals surface area (Å²) in [7, 11) is 0. The highest BCUT2D eigenvalue weighted by atomic mass is 79.9. The molecule has 0 aliphatic carbocycles. The van der Waals surface area contributed by atoms with Gasteiger partial charge in [0.1, 0.15) is 0 Å². The fourth-order valence-corrected chi connectivity index (χ4v) is 2.14. The second-order valence-electron chi connectivity index (χ2n) is 4.81. The number of rotatable bonds is 4. The van der Waals surface area contributed by atoms with Crippen molar-refractivity contribution in [2.75, 3.05) is 0 Å². The van der Waals surface area contributed by atoms with Gasteiger partial charge in [-0.15, -0.1) is 0 Å². The maximum atomic E-state index is 12.7. The molecule has 0 saturated carbocycles. The van der Waals surface area contributed by atoms with E-state index in [9.17, 15) is 13.2 Å². The topological polar surface area (TPSA) is 26.0 Å². The molecule has 0 amide bonds. The van der Waals surface area contributed by atoms with Gasteiger partial charge in [-0.2, -0.15) is 13.2 Å². The second kappa shape index (κ2) is 6.06. The summed E-state index contributed by atoms with van der Waals surface area (Å²) in [6, 6.07) is 3.84. The van der Waals surface area contributed by atoms with Crippen LogP contribution in [0.15, 0.2) is 22.7 Å². The van der Waals surface area contributed by atoms with Crippen LogP contribution < -0.4 is 5.73 Å². The van der Waals surface area contributed by atoms with Crippen LogP contribution in [-0.2, 0) is 6.18 Å². The van der Waals surface area contributed by atoms with Gasteiger partial charge in [0.05, 0.1) is 5.56 Å². The number of hydrogen-bond donors (Lipinski definition) is 1. The summed E-state index contributed by atoms with van der Waals surface area (Å²) in [4.78, 5) is 0. The molecule has 1 rings (SSSR count). The zero-order chi connectivity index (χ0) is 13.9. The second-order valence-corrected chi connectivity index (χ2v) is 5.67. The maximum Gasteiger partial charge on any atom is 0.417 e. The van der Waals surface area contributed by atoms with Gasteiger partial charge in [-0.1, -0.05) is 35.8 Å². The zero-order valence-electron chi connectivity index (χ0n) is 10.4. The average Bonchev–Trinajstić information content (AvgIpc) is 2.24. The van der Waals surface area contributed by atoms with Crippen LogP contribution in [0.25, 0.3) is 0 Å². The summed E-state index contributed by atoms with van der Waals surface area (Å²) in [5.74, 6) is 0.494. The van der Waals surface area contributed by atoms with E-state index < -0.39 is 11.7 Å². The van der Waals surface area contributed by atoms with Crippen LogP contribution >= 0.6 is 15.9 Å². The van der Waals surface area contributed by atoms with Crippen LogP contribution in [0.4, 0.5) is 13.2 Å². The van der Waals surface area contributed by atoms with E-state index in [4.69, 9.17) is 5.73 Å². The molecular weight excluding hydrogens is 307 g/mol. The number of alkyl halides is 3. The van der Waals surface area contributed by atoms with Crippen molar-refractivity contribution in [3.8, 4) is 0 Å². The minimum absolute atomic E-state index is 0.0507. The van der Waals surface area contributed by atoms with Gasteiger partial charge in [-0.25, -0.2) is 0 Å². The Morgan fingerprint density at radius 1 is 1.22 bits per heavy atom. The van der Waals surface area contributed by atoms with Crippen molar-refractivity contribution in [1.82, 2.24) is 0 Å². The van der Waals surface area contributed by atoms with Gasteiger partial charge in [-0.3, -0.25) is 0 Å². The summed E-state index contributed by atoms with van der Waals surface area (Å²) < 4.78 is 38.3. The first kappa shape index (κ1) is 15.5. The predicted molar refractivity (Wildman–Crippen MR) is 70.1 cm³/mol. The molecule has 1 atom stereocenters. The van der Waals surface area contributed by atoms with Crippen molar-refractivity contribution in [2.45, 2.75) is 38.9 Å². The van der Waals surface area contributed by atoms with E-state index in [0.717, 1.165) is 12.5 Å². The van der Waals surface area contributed by atoms with E-state index >= 15 is 0 Å². The molecule has 1 aromatic carbocycles. The lowest BCUT2D eigenvalue weighted by molar-refractivity contribution is -0.138. The summed E-state index contributed by atoms with van der Waals surface area (Å²) >= 11 is 2.92. The van der Waals surface area contributed by atoms with Crippen molar-refractivity contribution in [1.29, 1.82) is 0 Å². The predicted octanol–water partition coefficient (Wildman–Crippen LogP) is 4.90. The average molecular weight is 324 g/mol. The van der Waals surface area contributed by atoms with Crippen LogP contribution in [0.3, 0.4) is 0 Å². The standard InChI is InChI=1S/C13H17BrF3N/c1-8(2)3-6-12(18)9-4-5-11(14)10(7-9)13(15,16)17/h4-5,7-8,12H,3,6,18H2,1-2H3. The first-order chi connectivity index (χ1) is 8.21. The lowest BCUT2D eigenvalue weighted by Gasteiger charge is -2.16. The van der Waals surface area contributed by atoms with E-state index in [1.807, 2.05) is 0 Å². The molecule has 0 radical (unpaired) electrons. The molecule has 0 bridgehead atoms. The molecule has 0 aromatic heterocycles. The Balaban J connectivity index is 2.91. The van der Waals surface area contributed by atoms with Gasteiger partial charge < -0.3 is 5.73 Å². The summed E-state index contributed by atoms with van der Waals surface area (Å²) in [5.41, 5.74) is 5.79. The molecule has 0 aliphatic heterocycles. The lowest BCUT2D eigenvalue weighted by Crippen LogP contribution is -2.13. The molecular formula is C13H17BrF3N. The van der Waals surface area contributed by atoms with Gasteiger partial charge in [0.2, 0.25) is 0 Å². The largest absolute Gasteiger partial charge is 0.417 e. The lowest BCUT2D eigenvalue weighted by atomic mass is 9.97. The van der Waals surface area contributed by atoms with Crippen molar-refractivity contribution in [3.05, 3.63) is 33.8 Å². The van der Waals surface area contributed by atoms with Gasteiger partial charge in [0, 0.05) is 10.5 Å². The quantitative estimate of drug-likeness (QED) is 0.837. The number of halogens is 4. The molecule has 102 valence electrons. The van der Waals surface area contributed by atoms with Gasteiger partial charge in [-0.05, 0) is 36.5 Å². The molecule has 1 nitrogen and oxygen atoms in total. The van der Waals surface area contributed by atoms with Gasteiger partial charge in [0.25, 0.3) is 0 Å². The molecule has 1 unspecified atom stereocenters. The van der Waals surface area contributed by atoms with Crippen LogP contribution in [0, 0.1) is 5.92 Å². The monoisotopic (exact) mass is 323 g/mol. The molecule has 18 heavy (non-hydrogen) atoms. The Hall–Kier alpha value is -0.550. The fourth-order valence-electron chi connectivity index (χ4n) is 1.67. The first-order valence-corrected chi connectivity index (χ1v) is 6.63. The highest BCUT2D eigenvalue weighted by molar-refractivity contribution is 9.10. The summed E-state index contributed by atoms with van der Waals surface area (Å²) in [6.07, 6.45) is -2.76. The third-order valence-corrected chi connectivity index (χ3v) is 3.47. The molecule has 0 saturated heterocycles. The fraction of sp³-hybridized carbons (Fsp3) is 0.538. The molecule has 1 aromatic rings. The highest BCUT2D eigenvalue weighted by Crippen LogP contribution is 2.36. The number of benzene rings is 1. The smallest absolute Gasteiger partial charge is 0.324 e. The summed E-state index contributed by atoms with van der Waals surface area (Å²) in [5, 5.41) is 0. The molecule has 0 heterocycles. The van der Waals surface area contributed by atoms with Gasteiger partial charge in [0.15, 0.2) is 0 Å². The number of hydrogen-bond acceptors (Lipinski definition) is 1. The Morgan fingerprint density at radius 2 is 1.83 bits per heavy atom. The van der Waals surface area contributed by atoms with Crippen molar-refractivity contribution in [3.63, 3.8) is 0 Å². The van der Waals surface area contributed by atoms with Crippen LogP contribution in [0.5, 0.6) is 0 Å². The van der Waals surface area contributed by atoms with Crippen LogP contribution in [0.1, 0.15) is 43.9 Å². The van der Waals surface area contributed by atoms with Crippen LogP contribution in [0.2, 0.25) is 0 Å². The third kappa shape index (κ3) is 4.28. The summed E-state index contributed by atoms with van der Waals surface area (Å²) in [6.45, 7) is 4.13. The van der Waals surface area contributed by atoms with Crippen LogP contribution in [-0.4, -0.2) is 0 Å². The zero-order valence-corrected chi connectivity index (χ0v) is 12.0. The minimum atomic E-state index is -4.35. The third-order valence-electron chi connectivity index (χ3n) is 2.78. The molecule has 5 heteroatoms. The SMILES string of the molecule is CC(C)CCC(N)c1ccc(Br)c(C(F)(F)F)c1. The highest BCUT2D eigenvalue weighted by Gasteiger charge is 2.33. The van der Waals surface area contributed by atoms with E-state index in [1.165, 1.54) is 6.07 Å². The van der Waals surface area contributed by atoms with E-state index in [2.05, 4.69) is 29.8 Å². The minimum Gasteiger partial charge on any atom is -0.324 e. The number of nitrogens with two attached hydrogens (primary N) is 1. The maximum absolute atomic E-state index is 12.7. The van der Waals surface area contributed by atoms with Crippen molar-refractivity contribution < 1.29 is 13.2 Å².